The Morgan fingerprint density at radius 2 is 1.11 bits per heavy atom. The maximum absolute atomic E-state index is 11.9. The van der Waals surface area contributed by atoms with Crippen LogP contribution in [0.4, 0.5) is 11.4 Å². The molecular weight excluding hydrogens is 362 g/mol. The maximum atomic E-state index is 11.9. The summed E-state index contributed by atoms with van der Waals surface area (Å²) in [4.78, 5) is 23.9. The van der Waals surface area contributed by atoms with Crippen molar-refractivity contribution in [2.45, 2.75) is 25.7 Å². The standard InChI is InChI=1S/C18H22B2N2O6/c23-17(21-15-7-3-5-13(11-15)19(25)26)9-1-2-10-18(24)22-16-8-4-6-14(12-16)20(27)28/h3-8,11-12,25-28H,1-2,9-10H2,(H,21,23)(H,22,24). The van der Waals surface area contributed by atoms with E-state index in [2.05, 4.69) is 10.6 Å². The van der Waals surface area contributed by atoms with Crippen LogP contribution in [0.2, 0.25) is 0 Å². The number of carbonyl (C=O) groups excluding carboxylic acids is 2. The molecule has 0 fully saturated rings. The summed E-state index contributed by atoms with van der Waals surface area (Å²) < 4.78 is 0. The van der Waals surface area contributed by atoms with Crippen LogP contribution in [-0.4, -0.2) is 46.1 Å². The predicted molar refractivity (Wildman–Crippen MR) is 108 cm³/mol. The molecule has 0 aliphatic carbocycles. The van der Waals surface area contributed by atoms with Gasteiger partial charge in [-0.1, -0.05) is 24.3 Å². The molecule has 8 nitrogen and oxygen atoms in total. The first kappa shape index (κ1) is 21.6. The summed E-state index contributed by atoms with van der Waals surface area (Å²) in [6, 6.07) is 12.6. The number of hydrogen-bond donors (Lipinski definition) is 6. The van der Waals surface area contributed by atoms with Crippen molar-refractivity contribution < 1.29 is 29.7 Å². The summed E-state index contributed by atoms with van der Waals surface area (Å²) in [6.07, 6.45) is 1.48. The first-order valence-electron chi connectivity index (χ1n) is 8.87. The molecule has 0 aliphatic rings. The molecule has 0 spiro atoms. The minimum Gasteiger partial charge on any atom is -0.423 e. The normalized spacial score (nSPS) is 10.3. The van der Waals surface area contributed by atoms with E-state index in [1.807, 2.05) is 0 Å². The second-order valence-corrected chi connectivity index (χ2v) is 6.30. The fourth-order valence-electron chi connectivity index (χ4n) is 2.57. The third-order valence-corrected chi connectivity index (χ3v) is 3.99. The Morgan fingerprint density at radius 1 is 0.714 bits per heavy atom. The molecule has 2 rings (SSSR count). The highest BCUT2D eigenvalue weighted by atomic mass is 16.4. The lowest BCUT2D eigenvalue weighted by Gasteiger charge is -2.08. The van der Waals surface area contributed by atoms with E-state index in [-0.39, 0.29) is 35.6 Å². The third-order valence-electron chi connectivity index (χ3n) is 3.99. The van der Waals surface area contributed by atoms with E-state index in [4.69, 9.17) is 20.1 Å². The predicted octanol–water partition coefficient (Wildman–Crippen LogP) is -0.816. The molecule has 2 aromatic carbocycles. The number of rotatable bonds is 9. The number of nitrogens with one attached hydrogen (secondary N) is 2. The molecule has 2 aromatic rings. The zero-order valence-electron chi connectivity index (χ0n) is 15.2. The Bertz CT molecular complexity index is 749. The van der Waals surface area contributed by atoms with Gasteiger partial charge in [-0.2, -0.15) is 0 Å². The van der Waals surface area contributed by atoms with Crippen LogP contribution in [-0.2, 0) is 9.59 Å². The van der Waals surface area contributed by atoms with Gasteiger partial charge in [0.15, 0.2) is 0 Å². The van der Waals surface area contributed by atoms with Crippen molar-refractivity contribution >= 4 is 48.4 Å². The highest BCUT2D eigenvalue weighted by Crippen LogP contribution is 2.09. The molecule has 2 amide bonds. The molecule has 6 N–H and O–H groups in total. The van der Waals surface area contributed by atoms with Gasteiger partial charge in [0.2, 0.25) is 11.8 Å². The van der Waals surface area contributed by atoms with Crippen LogP contribution < -0.4 is 21.6 Å². The lowest BCUT2D eigenvalue weighted by Crippen LogP contribution is -2.30. The van der Waals surface area contributed by atoms with Crippen molar-refractivity contribution in [2.75, 3.05) is 10.6 Å². The van der Waals surface area contributed by atoms with Gasteiger partial charge >= 0.3 is 14.2 Å². The Kier molecular flexibility index (Phi) is 8.21. The van der Waals surface area contributed by atoms with Crippen molar-refractivity contribution in [1.82, 2.24) is 0 Å². The summed E-state index contributed by atoms with van der Waals surface area (Å²) in [5.41, 5.74) is 1.51. The minimum atomic E-state index is -1.60. The quantitative estimate of drug-likeness (QED) is 0.247. The molecule has 0 heterocycles. The van der Waals surface area contributed by atoms with Gasteiger partial charge in [0.25, 0.3) is 0 Å². The van der Waals surface area contributed by atoms with Gasteiger partial charge in [-0.15, -0.1) is 0 Å². The van der Waals surface area contributed by atoms with E-state index >= 15 is 0 Å². The number of unbranched alkanes of at least 4 members (excludes halogenated alkanes) is 1. The van der Waals surface area contributed by atoms with Gasteiger partial charge < -0.3 is 30.7 Å². The van der Waals surface area contributed by atoms with Gasteiger partial charge in [-0.3, -0.25) is 9.59 Å². The lowest BCUT2D eigenvalue weighted by molar-refractivity contribution is -0.118. The SMILES string of the molecule is O=C(CCCCC(=O)Nc1cccc(B(O)O)c1)Nc1cccc(B(O)O)c1. The Labute approximate surface area is 163 Å². The fourth-order valence-corrected chi connectivity index (χ4v) is 2.57. The zero-order chi connectivity index (χ0) is 20.5. The largest absolute Gasteiger partial charge is 0.488 e. The van der Waals surface area contributed by atoms with E-state index in [1.165, 1.54) is 24.3 Å². The molecule has 0 aromatic heterocycles. The Morgan fingerprint density at radius 3 is 1.46 bits per heavy atom. The second-order valence-electron chi connectivity index (χ2n) is 6.30. The smallest absolute Gasteiger partial charge is 0.423 e. The number of carbonyl (C=O) groups is 2. The monoisotopic (exact) mass is 384 g/mol. The molecule has 0 radical (unpaired) electrons. The second kappa shape index (κ2) is 10.6. The molecule has 10 heteroatoms. The topological polar surface area (TPSA) is 139 Å². The van der Waals surface area contributed by atoms with E-state index in [0.717, 1.165) is 0 Å². The average Bonchev–Trinajstić information content (AvgIpc) is 2.65. The van der Waals surface area contributed by atoms with E-state index in [0.29, 0.717) is 24.2 Å². The molecule has 28 heavy (non-hydrogen) atoms. The first-order chi connectivity index (χ1) is 13.3. The van der Waals surface area contributed by atoms with Crippen LogP contribution in [0.15, 0.2) is 48.5 Å². The van der Waals surface area contributed by atoms with Gasteiger partial charge in [-0.05, 0) is 48.0 Å². The van der Waals surface area contributed by atoms with Gasteiger partial charge in [0.05, 0.1) is 0 Å². The summed E-state index contributed by atoms with van der Waals surface area (Å²) in [5.74, 6) is -0.454. The van der Waals surface area contributed by atoms with Crippen LogP contribution >= 0.6 is 0 Å². The molecule has 146 valence electrons. The molecule has 0 atom stereocenters. The van der Waals surface area contributed by atoms with Crippen LogP contribution in [0, 0.1) is 0 Å². The van der Waals surface area contributed by atoms with Crippen molar-refractivity contribution in [3.05, 3.63) is 48.5 Å². The van der Waals surface area contributed by atoms with Crippen molar-refractivity contribution in [1.29, 1.82) is 0 Å². The highest BCUT2D eigenvalue weighted by Gasteiger charge is 2.13. The van der Waals surface area contributed by atoms with Gasteiger partial charge in [0.1, 0.15) is 0 Å². The van der Waals surface area contributed by atoms with Crippen molar-refractivity contribution in [3.63, 3.8) is 0 Å². The summed E-state index contributed by atoms with van der Waals surface area (Å²) in [7, 11) is -3.20. The van der Waals surface area contributed by atoms with Crippen LogP contribution in [0.5, 0.6) is 0 Å². The molecule has 0 unspecified atom stereocenters. The average molecular weight is 384 g/mol. The molecular formula is C18H22B2N2O6. The maximum Gasteiger partial charge on any atom is 0.488 e. The zero-order valence-corrected chi connectivity index (χ0v) is 15.2. The van der Waals surface area contributed by atoms with Gasteiger partial charge in [-0.25, -0.2) is 0 Å². The number of hydrogen-bond acceptors (Lipinski definition) is 6. The van der Waals surface area contributed by atoms with E-state index < -0.39 is 14.2 Å². The minimum absolute atomic E-state index is 0.227. The highest BCUT2D eigenvalue weighted by molar-refractivity contribution is 6.59. The first-order valence-corrected chi connectivity index (χ1v) is 8.87. The van der Waals surface area contributed by atoms with Crippen molar-refractivity contribution in [3.8, 4) is 0 Å². The van der Waals surface area contributed by atoms with Crippen LogP contribution in [0.25, 0.3) is 0 Å². The van der Waals surface area contributed by atoms with Crippen molar-refractivity contribution in [2.24, 2.45) is 0 Å². The molecule has 0 saturated carbocycles. The van der Waals surface area contributed by atoms with Crippen LogP contribution in [0.3, 0.4) is 0 Å². The molecule has 0 aliphatic heterocycles. The van der Waals surface area contributed by atoms with E-state index in [9.17, 15) is 9.59 Å². The third kappa shape index (κ3) is 7.16. The number of benzene rings is 2. The van der Waals surface area contributed by atoms with Crippen LogP contribution in [0.1, 0.15) is 25.7 Å². The summed E-state index contributed by atoms with van der Waals surface area (Å²) in [6.45, 7) is 0. The summed E-state index contributed by atoms with van der Waals surface area (Å²) in [5, 5.41) is 41.9. The number of anilines is 2. The van der Waals surface area contributed by atoms with E-state index in [1.54, 1.807) is 24.3 Å². The number of amides is 2. The Hall–Kier alpha value is -2.65. The summed E-state index contributed by atoms with van der Waals surface area (Å²) >= 11 is 0. The lowest BCUT2D eigenvalue weighted by atomic mass is 9.80. The molecule has 0 bridgehead atoms. The fraction of sp³-hybridized carbons (Fsp3) is 0.222. The molecule has 0 saturated heterocycles. The van der Waals surface area contributed by atoms with Gasteiger partial charge in [0, 0.05) is 24.2 Å². The Balaban J connectivity index is 1.70.